The fourth-order valence-corrected chi connectivity index (χ4v) is 3.04. The Kier molecular flexibility index (Phi) is 3.80. The van der Waals surface area contributed by atoms with Crippen molar-refractivity contribution in [3.63, 3.8) is 0 Å². The van der Waals surface area contributed by atoms with E-state index in [0.29, 0.717) is 24.6 Å². The smallest absolute Gasteiger partial charge is 0.272 e. The molecule has 1 aromatic carbocycles. The summed E-state index contributed by atoms with van der Waals surface area (Å²) in [6.07, 6.45) is 3.90. The van der Waals surface area contributed by atoms with Gasteiger partial charge in [-0.2, -0.15) is 5.10 Å². The lowest BCUT2D eigenvalue weighted by atomic mass is 10.2. The molecule has 0 spiro atoms. The Bertz CT molecular complexity index is 762. The Labute approximate surface area is 140 Å². The van der Waals surface area contributed by atoms with E-state index in [9.17, 15) is 9.59 Å². The van der Waals surface area contributed by atoms with Crippen LogP contribution in [0.1, 0.15) is 53.3 Å². The van der Waals surface area contributed by atoms with Gasteiger partial charge in [-0.15, -0.1) is 0 Å². The number of hydrogen-bond acceptors (Lipinski definition) is 3. The highest BCUT2D eigenvalue weighted by Gasteiger charge is 2.26. The second-order valence-corrected chi connectivity index (χ2v) is 6.48. The molecule has 1 saturated heterocycles. The molecule has 0 atom stereocenters. The third-order valence-corrected chi connectivity index (χ3v) is 4.62. The lowest BCUT2D eigenvalue weighted by Gasteiger charge is -2.16. The van der Waals surface area contributed by atoms with Crippen LogP contribution >= 0.6 is 0 Å². The lowest BCUT2D eigenvalue weighted by Crippen LogP contribution is -2.24. The van der Waals surface area contributed by atoms with E-state index >= 15 is 0 Å². The molecule has 0 radical (unpaired) electrons. The summed E-state index contributed by atoms with van der Waals surface area (Å²) in [5.74, 6) is 0.567. The number of hydrogen-bond donors (Lipinski definition) is 2. The lowest BCUT2D eigenvalue weighted by molar-refractivity contribution is -0.117. The maximum atomic E-state index is 12.1. The van der Waals surface area contributed by atoms with Gasteiger partial charge in [0.25, 0.3) is 5.91 Å². The van der Waals surface area contributed by atoms with Crippen LogP contribution in [0.3, 0.4) is 0 Å². The standard InChI is InChI=1S/C18H20N4O2/c23-17-2-1-9-22(17)14-7-3-12(4-8-14)11-19-18(24)16-10-15(20-21-16)13-5-6-13/h3-4,7-8,10,13H,1-2,5-6,9,11H2,(H,19,24)(H,20,21). The molecular weight excluding hydrogens is 304 g/mol. The van der Waals surface area contributed by atoms with E-state index in [2.05, 4.69) is 15.5 Å². The molecule has 1 aromatic heterocycles. The van der Waals surface area contributed by atoms with Crippen molar-refractivity contribution in [2.45, 2.75) is 38.1 Å². The number of amides is 2. The number of anilines is 1. The predicted octanol–water partition coefficient (Wildman–Crippen LogP) is 2.34. The van der Waals surface area contributed by atoms with E-state index in [4.69, 9.17) is 0 Å². The van der Waals surface area contributed by atoms with Crippen LogP contribution in [0.25, 0.3) is 0 Å². The van der Waals surface area contributed by atoms with Crippen LogP contribution in [0, 0.1) is 0 Å². The molecule has 124 valence electrons. The molecule has 2 aliphatic rings. The van der Waals surface area contributed by atoms with Gasteiger partial charge in [0.2, 0.25) is 5.91 Å². The molecule has 2 heterocycles. The molecule has 24 heavy (non-hydrogen) atoms. The molecule has 1 aliphatic carbocycles. The molecule has 2 N–H and O–H groups in total. The molecule has 6 heteroatoms. The molecule has 4 rings (SSSR count). The van der Waals surface area contributed by atoms with E-state index < -0.39 is 0 Å². The topological polar surface area (TPSA) is 78.1 Å². The van der Waals surface area contributed by atoms with Gasteiger partial charge < -0.3 is 10.2 Å². The summed E-state index contributed by atoms with van der Waals surface area (Å²) in [6.45, 7) is 1.23. The van der Waals surface area contributed by atoms with Crippen LogP contribution in [0.5, 0.6) is 0 Å². The molecule has 2 amide bonds. The number of benzene rings is 1. The Morgan fingerprint density at radius 3 is 2.75 bits per heavy atom. The summed E-state index contributed by atoms with van der Waals surface area (Å²) in [7, 11) is 0. The molecule has 1 saturated carbocycles. The first-order chi connectivity index (χ1) is 11.7. The van der Waals surface area contributed by atoms with Gasteiger partial charge in [-0.25, -0.2) is 0 Å². The van der Waals surface area contributed by atoms with Crippen molar-refractivity contribution in [3.8, 4) is 0 Å². The van der Waals surface area contributed by atoms with E-state index in [-0.39, 0.29) is 11.8 Å². The number of aromatic nitrogens is 2. The first kappa shape index (κ1) is 14.9. The van der Waals surface area contributed by atoms with Crippen molar-refractivity contribution in [2.75, 3.05) is 11.4 Å². The largest absolute Gasteiger partial charge is 0.347 e. The van der Waals surface area contributed by atoms with Crippen LogP contribution in [0.15, 0.2) is 30.3 Å². The second-order valence-electron chi connectivity index (χ2n) is 6.48. The fraction of sp³-hybridized carbons (Fsp3) is 0.389. The van der Waals surface area contributed by atoms with Crippen LogP contribution in [-0.4, -0.2) is 28.6 Å². The number of nitrogens with one attached hydrogen (secondary N) is 2. The number of carbonyl (C=O) groups excluding carboxylic acids is 2. The van der Waals surface area contributed by atoms with E-state index in [1.54, 1.807) is 0 Å². The number of rotatable bonds is 5. The third kappa shape index (κ3) is 3.04. The minimum Gasteiger partial charge on any atom is -0.347 e. The van der Waals surface area contributed by atoms with Gasteiger partial charge in [-0.05, 0) is 43.0 Å². The summed E-state index contributed by atoms with van der Waals surface area (Å²) in [6, 6.07) is 9.60. The van der Waals surface area contributed by atoms with Crippen molar-refractivity contribution in [1.29, 1.82) is 0 Å². The first-order valence-corrected chi connectivity index (χ1v) is 8.43. The zero-order chi connectivity index (χ0) is 16.5. The average Bonchev–Trinajstić information content (AvgIpc) is 3.17. The summed E-state index contributed by atoms with van der Waals surface area (Å²) in [5, 5.41) is 9.91. The van der Waals surface area contributed by atoms with Crippen molar-refractivity contribution in [2.24, 2.45) is 0 Å². The summed E-state index contributed by atoms with van der Waals surface area (Å²) >= 11 is 0. The van der Waals surface area contributed by atoms with Gasteiger partial charge in [0.05, 0.1) is 0 Å². The zero-order valence-electron chi connectivity index (χ0n) is 13.4. The van der Waals surface area contributed by atoms with E-state index in [1.807, 2.05) is 35.2 Å². The SMILES string of the molecule is O=C(NCc1ccc(N2CCCC2=O)cc1)c1cc(C2CC2)[nH]n1. The van der Waals surface area contributed by atoms with E-state index in [0.717, 1.165) is 29.9 Å². The van der Waals surface area contributed by atoms with Gasteiger partial charge in [-0.3, -0.25) is 14.7 Å². The molecule has 2 aromatic rings. The van der Waals surface area contributed by atoms with Crippen molar-refractivity contribution < 1.29 is 9.59 Å². The number of nitrogens with zero attached hydrogens (tertiary/aromatic N) is 2. The van der Waals surface area contributed by atoms with Gasteiger partial charge >= 0.3 is 0 Å². The first-order valence-electron chi connectivity index (χ1n) is 8.43. The number of H-pyrrole nitrogens is 1. The van der Waals surface area contributed by atoms with Crippen molar-refractivity contribution >= 4 is 17.5 Å². The second kappa shape index (κ2) is 6.11. The highest BCUT2D eigenvalue weighted by Crippen LogP contribution is 2.38. The van der Waals surface area contributed by atoms with Gasteiger partial charge in [0, 0.05) is 36.8 Å². The van der Waals surface area contributed by atoms with Crippen LogP contribution < -0.4 is 10.2 Å². The fourth-order valence-electron chi connectivity index (χ4n) is 3.04. The average molecular weight is 324 g/mol. The molecule has 1 aliphatic heterocycles. The Hall–Kier alpha value is -2.63. The highest BCUT2D eigenvalue weighted by atomic mass is 16.2. The van der Waals surface area contributed by atoms with Crippen molar-refractivity contribution in [1.82, 2.24) is 15.5 Å². The minimum absolute atomic E-state index is 0.169. The maximum absolute atomic E-state index is 12.1. The molecule has 0 unspecified atom stereocenters. The Morgan fingerprint density at radius 2 is 2.08 bits per heavy atom. The minimum atomic E-state index is -0.169. The van der Waals surface area contributed by atoms with Crippen LogP contribution in [-0.2, 0) is 11.3 Å². The molecule has 2 fully saturated rings. The zero-order valence-corrected chi connectivity index (χ0v) is 13.4. The summed E-state index contributed by atoms with van der Waals surface area (Å²) in [4.78, 5) is 25.7. The maximum Gasteiger partial charge on any atom is 0.272 e. The highest BCUT2D eigenvalue weighted by molar-refractivity contribution is 5.95. The summed E-state index contributed by atoms with van der Waals surface area (Å²) in [5.41, 5.74) is 3.42. The van der Waals surface area contributed by atoms with Crippen LogP contribution in [0.2, 0.25) is 0 Å². The monoisotopic (exact) mass is 324 g/mol. The van der Waals surface area contributed by atoms with E-state index in [1.165, 1.54) is 12.8 Å². The van der Waals surface area contributed by atoms with Gasteiger partial charge in [0.1, 0.15) is 5.69 Å². The van der Waals surface area contributed by atoms with Gasteiger partial charge in [-0.1, -0.05) is 12.1 Å². The molecular formula is C18H20N4O2. The Morgan fingerprint density at radius 1 is 1.29 bits per heavy atom. The normalized spacial score (nSPS) is 17.3. The molecule has 0 bridgehead atoms. The predicted molar refractivity (Wildman–Crippen MR) is 89.8 cm³/mol. The van der Waals surface area contributed by atoms with Crippen molar-refractivity contribution in [3.05, 3.63) is 47.3 Å². The quantitative estimate of drug-likeness (QED) is 0.886. The van der Waals surface area contributed by atoms with Gasteiger partial charge in [0.15, 0.2) is 0 Å². The summed E-state index contributed by atoms with van der Waals surface area (Å²) < 4.78 is 0. The third-order valence-electron chi connectivity index (χ3n) is 4.62. The van der Waals surface area contributed by atoms with Crippen LogP contribution in [0.4, 0.5) is 5.69 Å². The number of carbonyl (C=O) groups is 2. The number of aromatic amines is 1. The molecule has 6 nitrogen and oxygen atoms in total. The Balaban J connectivity index is 1.34.